The van der Waals surface area contributed by atoms with Gasteiger partial charge in [0.05, 0.1) is 12.7 Å². The lowest BCUT2D eigenvalue weighted by Crippen LogP contribution is -2.28. The molecule has 2 aliphatic rings. The summed E-state index contributed by atoms with van der Waals surface area (Å²) < 4.78 is 6.78. The molecule has 0 amide bonds. The molecule has 1 saturated carbocycles. The highest BCUT2D eigenvalue weighted by Crippen LogP contribution is 2.36. The first-order valence-corrected chi connectivity index (χ1v) is 7.15. The molecule has 1 fully saturated rings. The predicted molar refractivity (Wildman–Crippen MR) is 70.4 cm³/mol. The summed E-state index contributed by atoms with van der Waals surface area (Å²) in [5, 5.41) is 10.2. The van der Waals surface area contributed by atoms with Crippen molar-refractivity contribution in [2.75, 3.05) is 6.61 Å². The van der Waals surface area contributed by atoms with Crippen LogP contribution in [0.4, 0.5) is 0 Å². The van der Waals surface area contributed by atoms with Gasteiger partial charge in [-0.3, -0.25) is 0 Å². The van der Waals surface area contributed by atoms with Crippen molar-refractivity contribution in [3.05, 3.63) is 27.7 Å². The molecule has 0 aromatic heterocycles. The van der Waals surface area contributed by atoms with E-state index < -0.39 is 0 Å². The molecule has 1 aromatic carbocycles. The van der Waals surface area contributed by atoms with Crippen LogP contribution in [0.15, 0.2) is 16.6 Å². The van der Waals surface area contributed by atoms with E-state index in [0.717, 1.165) is 35.2 Å². The van der Waals surface area contributed by atoms with Gasteiger partial charge in [-0.15, -0.1) is 0 Å². The van der Waals surface area contributed by atoms with Crippen molar-refractivity contribution in [1.29, 1.82) is 0 Å². The van der Waals surface area contributed by atoms with Crippen LogP contribution in [0.2, 0.25) is 0 Å². The Morgan fingerprint density at radius 2 is 2.24 bits per heavy atom. The van der Waals surface area contributed by atoms with E-state index in [0.29, 0.717) is 5.92 Å². The SMILES string of the molecule is OC(Cc1cc(Br)cc2c1OCC2)C1CCC1. The van der Waals surface area contributed by atoms with Crippen LogP contribution < -0.4 is 4.74 Å². The third kappa shape index (κ3) is 2.23. The molecule has 3 rings (SSSR count). The van der Waals surface area contributed by atoms with Crippen LogP contribution in [0.3, 0.4) is 0 Å². The molecular weight excluding hydrogens is 280 g/mol. The molecule has 0 radical (unpaired) electrons. The first kappa shape index (κ1) is 11.5. The third-order valence-electron chi connectivity index (χ3n) is 3.95. The maximum Gasteiger partial charge on any atom is 0.125 e. The van der Waals surface area contributed by atoms with Gasteiger partial charge in [0, 0.05) is 17.3 Å². The predicted octanol–water partition coefficient (Wildman–Crippen LogP) is 3.09. The number of aliphatic hydroxyl groups is 1. The fourth-order valence-corrected chi connectivity index (χ4v) is 3.27. The maximum atomic E-state index is 10.2. The second-order valence-corrected chi connectivity index (χ2v) is 6.03. The quantitative estimate of drug-likeness (QED) is 0.929. The van der Waals surface area contributed by atoms with E-state index in [1.54, 1.807) is 0 Å². The number of aliphatic hydroxyl groups excluding tert-OH is 1. The van der Waals surface area contributed by atoms with Crippen LogP contribution in [0, 0.1) is 5.92 Å². The average Bonchev–Trinajstić information content (AvgIpc) is 2.62. The third-order valence-corrected chi connectivity index (χ3v) is 4.41. The minimum atomic E-state index is -0.202. The largest absolute Gasteiger partial charge is 0.493 e. The molecule has 1 heterocycles. The number of halogens is 1. The van der Waals surface area contributed by atoms with E-state index in [9.17, 15) is 5.11 Å². The normalized spacial score (nSPS) is 20.6. The first-order chi connectivity index (χ1) is 8.24. The lowest BCUT2D eigenvalue weighted by molar-refractivity contribution is 0.0625. The van der Waals surface area contributed by atoms with Crippen molar-refractivity contribution in [3.8, 4) is 5.75 Å². The summed E-state index contributed by atoms with van der Waals surface area (Å²) in [4.78, 5) is 0. The zero-order chi connectivity index (χ0) is 11.8. The molecule has 1 atom stereocenters. The van der Waals surface area contributed by atoms with Gasteiger partial charge in [0.1, 0.15) is 5.75 Å². The Balaban J connectivity index is 1.82. The Morgan fingerprint density at radius 1 is 1.41 bits per heavy atom. The molecule has 1 aromatic rings. The van der Waals surface area contributed by atoms with Crippen molar-refractivity contribution >= 4 is 15.9 Å². The number of fused-ring (bicyclic) bond motifs is 1. The number of ether oxygens (including phenoxy) is 1. The van der Waals surface area contributed by atoms with Gasteiger partial charge in [0.15, 0.2) is 0 Å². The number of benzene rings is 1. The Morgan fingerprint density at radius 3 is 2.94 bits per heavy atom. The smallest absolute Gasteiger partial charge is 0.125 e. The van der Waals surface area contributed by atoms with E-state index in [4.69, 9.17) is 4.74 Å². The molecule has 3 heteroatoms. The highest BCUT2D eigenvalue weighted by molar-refractivity contribution is 9.10. The van der Waals surface area contributed by atoms with Crippen LogP contribution in [-0.2, 0) is 12.8 Å². The Bertz CT molecular complexity index is 426. The van der Waals surface area contributed by atoms with Crippen molar-refractivity contribution in [1.82, 2.24) is 0 Å². The second kappa shape index (κ2) is 4.62. The molecule has 92 valence electrons. The van der Waals surface area contributed by atoms with Gasteiger partial charge < -0.3 is 9.84 Å². The topological polar surface area (TPSA) is 29.5 Å². The summed E-state index contributed by atoms with van der Waals surface area (Å²) >= 11 is 3.54. The minimum absolute atomic E-state index is 0.202. The van der Waals surface area contributed by atoms with Crippen LogP contribution in [-0.4, -0.2) is 17.8 Å². The van der Waals surface area contributed by atoms with E-state index in [1.165, 1.54) is 24.8 Å². The fraction of sp³-hybridized carbons (Fsp3) is 0.571. The van der Waals surface area contributed by atoms with Crippen LogP contribution >= 0.6 is 15.9 Å². The monoisotopic (exact) mass is 296 g/mol. The molecule has 0 bridgehead atoms. The van der Waals surface area contributed by atoms with Gasteiger partial charge in [-0.25, -0.2) is 0 Å². The van der Waals surface area contributed by atoms with Gasteiger partial charge in [0.2, 0.25) is 0 Å². The van der Waals surface area contributed by atoms with E-state index in [1.807, 2.05) is 0 Å². The number of rotatable bonds is 3. The average molecular weight is 297 g/mol. The summed E-state index contributed by atoms with van der Waals surface area (Å²) in [5.41, 5.74) is 2.43. The zero-order valence-electron chi connectivity index (χ0n) is 9.79. The van der Waals surface area contributed by atoms with Gasteiger partial charge in [0.25, 0.3) is 0 Å². The first-order valence-electron chi connectivity index (χ1n) is 6.36. The Kier molecular flexibility index (Phi) is 3.14. The van der Waals surface area contributed by atoms with Crippen molar-refractivity contribution < 1.29 is 9.84 Å². The second-order valence-electron chi connectivity index (χ2n) is 5.11. The van der Waals surface area contributed by atoms with E-state index in [-0.39, 0.29) is 6.10 Å². The van der Waals surface area contributed by atoms with E-state index in [2.05, 4.69) is 28.1 Å². The lowest BCUT2D eigenvalue weighted by Gasteiger charge is -2.30. The molecule has 0 spiro atoms. The number of hydrogen-bond acceptors (Lipinski definition) is 2. The lowest BCUT2D eigenvalue weighted by atomic mass is 9.79. The maximum absolute atomic E-state index is 10.2. The highest BCUT2D eigenvalue weighted by atomic mass is 79.9. The highest BCUT2D eigenvalue weighted by Gasteiger charge is 2.27. The molecule has 1 unspecified atom stereocenters. The van der Waals surface area contributed by atoms with Crippen molar-refractivity contribution in [2.45, 2.75) is 38.2 Å². The molecular formula is C14H17BrO2. The minimum Gasteiger partial charge on any atom is -0.493 e. The van der Waals surface area contributed by atoms with Gasteiger partial charge in [-0.1, -0.05) is 22.4 Å². The molecule has 17 heavy (non-hydrogen) atoms. The molecule has 1 N–H and O–H groups in total. The van der Waals surface area contributed by atoms with Crippen molar-refractivity contribution in [2.24, 2.45) is 5.92 Å². The van der Waals surface area contributed by atoms with Gasteiger partial charge >= 0.3 is 0 Å². The summed E-state index contributed by atoms with van der Waals surface area (Å²) in [6, 6.07) is 4.22. The molecule has 2 nitrogen and oxygen atoms in total. The van der Waals surface area contributed by atoms with Crippen LogP contribution in [0.1, 0.15) is 30.4 Å². The summed E-state index contributed by atoms with van der Waals surface area (Å²) in [6.07, 6.45) is 5.14. The Hall–Kier alpha value is -0.540. The summed E-state index contributed by atoms with van der Waals surface area (Å²) in [7, 11) is 0. The summed E-state index contributed by atoms with van der Waals surface area (Å²) in [6.45, 7) is 0.776. The van der Waals surface area contributed by atoms with Crippen LogP contribution in [0.25, 0.3) is 0 Å². The molecule has 0 saturated heterocycles. The molecule has 1 aliphatic heterocycles. The van der Waals surface area contributed by atoms with Crippen molar-refractivity contribution in [3.63, 3.8) is 0 Å². The van der Waals surface area contributed by atoms with E-state index >= 15 is 0 Å². The zero-order valence-corrected chi connectivity index (χ0v) is 11.4. The van der Waals surface area contributed by atoms with Crippen LogP contribution in [0.5, 0.6) is 5.75 Å². The Labute approximate surface area is 110 Å². The molecule has 1 aliphatic carbocycles. The van der Waals surface area contributed by atoms with Gasteiger partial charge in [-0.2, -0.15) is 0 Å². The fourth-order valence-electron chi connectivity index (χ4n) is 2.71. The number of hydrogen-bond donors (Lipinski definition) is 1. The standard InChI is InChI=1S/C14H17BrO2/c15-12-6-10-4-5-17-14(10)11(7-12)8-13(16)9-2-1-3-9/h6-7,9,13,16H,1-5,8H2. The van der Waals surface area contributed by atoms with Gasteiger partial charge in [-0.05, 0) is 42.0 Å². The summed E-state index contributed by atoms with van der Waals surface area (Å²) in [5.74, 6) is 1.53.